The van der Waals surface area contributed by atoms with Gasteiger partial charge in [-0.05, 0) is 48.0 Å². The summed E-state index contributed by atoms with van der Waals surface area (Å²) in [5, 5.41) is 5.57. The molecule has 9 heteroatoms. The molecule has 0 aliphatic carbocycles. The molecule has 4 rings (SSSR count). The van der Waals surface area contributed by atoms with Crippen LogP contribution in [0, 0.1) is 4.77 Å². The van der Waals surface area contributed by atoms with Crippen molar-refractivity contribution in [3.8, 4) is 11.5 Å². The molecule has 0 saturated heterocycles. The van der Waals surface area contributed by atoms with Gasteiger partial charge in [0.05, 0.1) is 30.9 Å². The Bertz CT molecular complexity index is 1080. The molecule has 1 aromatic carbocycles. The summed E-state index contributed by atoms with van der Waals surface area (Å²) in [6, 6.07) is 5.77. The van der Waals surface area contributed by atoms with E-state index in [0.717, 1.165) is 31.0 Å². The fraction of sp³-hybridized carbons (Fsp3) is 0.333. The molecule has 142 valence electrons. The maximum atomic E-state index is 6.25. The van der Waals surface area contributed by atoms with Crippen molar-refractivity contribution < 1.29 is 9.47 Å². The van der Waals surface area contributed by atoms with Crippen molar-refractivity contribution in [1.29, 1.82) is 0 Å². The van der Waals surface area contributed by atoms with Crippen molar-refractivity contribution in [3.05, 3.63) is 50.3 Å². The van der Waals surface area contributed by atoms with E-state index < -0.39 is 0 Å². The van der Waals surface area contributed by atoms with E-state index in [2.05, 4.69) is 16.1 Å². The first kappa shape index (κ1) is 18.6. The standard InChI is InChI=1S/C18H18Cl2N4O2S/c1-25-15-5-11-3-4-22(8-12(11)6-16(15)26-2)10-24-18(27)23-9-13(19)7-14(20)17(23)21-24/h5-7,9H,3-4,8,10H2,1-2H3. The fourth-order valence-corrected chi connectivity index (χ4v) is 4.14. The average Bonchev–Trinajstić information content (AvgIpc) is 2.97. The van der Waals surface area contributed by atoms with Crippen molar-refractivity contribution in [2.24, 2.45) is 0 Å². The number of methoxy groups -OCH3 is 2. The number of nitrogens with zero attached hydrogens (tertiary/aromatic N) is 4. The van der Waals surface area contributed by atoms with Gasteiger partial charge >= 0.3 is 0 Å². The van der Waals surface area contributed by atoms with E-state index in [0.29, 0.717) is 27.1 Å². The Kier molecular flexibility index (Phi) is 5.03. The van der Waals surface area contributed by atoms with E-state index in [1.807, 2.05) is 6.07 Å². The molecule has 0 radical (unpaired) electrons. The Balaban J connectivity index is 1.62. The second-order valence-corrected chi connectivity index (χ2v) is 7.61. The zero-order valence-electron chi connectivity index (χ0n) is 14.9. The highest BCUT2D eigenvalue weighted by molar-refractivity contribution is 7.71. The molecule has 0 fully saturated rings. The lowest BCUT2D eigenvalue weighted by atomic mass is 9.99. The predicted octanol–water partition coefficient (Wildman–Crippen LogP) is 4.21. The van der Waals surface area contributed by atoms with E-state index in [4.69, 9.17) is 44.9 Å². The Morgan fingerprint density at radius 2 is 1.81 bits per heavy atom. The van der Waals surface area contributed by atoms with Gasteiger partial charge in [-0.15, -0.1) is 5.10 Å². The number of benzene rings is 1. The summed E-state index contributed by atoms with van der Waals surface area (Å²) in [7, 11) is 3.30. The number of ether oxygens (including phenoxy) is 2. The van der Waals surface area contributed by atoms with Gasteiger partial charge < -0.3 is 9.47 Å². The van der Waals surface area contributed by atoms with Gasteiger partial charge in [-0.3, -0.25) is 9.30 Å². The molecule has 1 aliphatic heterocycles. The van der Waals surface area contributed by atoms with Crippen molar-refractivity contribution in [2.45, 2.75) is 19.6 Å². The van der Waals surface area contributed by atoms with Crippen LogP contribution in [0.25, 0.3) is 5.65 Å². The molecule has 0 amide bonds. The van der Waals surface area contributed by atoms with Crippen molar-refractivity contribution in [1.82, 2.24) is 19.1 Å². The SMILES string of the molecule is COc1cc2c(cc1OC)CN(Cn1nc3c(Cl)cc(Cl)cn3c1=S)CC2. The van der Waals surface area contributed by atoms with Gasteiger partial charge in [-0.1, -0.05) is 23.2 Å². The highest BCUT2D eigenvalue weighted by atomic mass is 35.5. The van der Waals surface area contributed by atoms with Crippen LogP contribution < -0.4 is 9.47 Å². The molecular formula is C18H18Cl2N4O2S. The van der Waals surface area contributed by atoms with Crippen molar-refractivity contribution >= 4 is 41.1 Å². The van der Waals surface area contributed by atoms with Gasteiger partial charge in [0.15, 0.2) is 17.1 Å². The Morgan fingerprint density at radius 1 is 1.11 bits per heavy atom. The Hall–Kier alpha value is -1.80. The summed E-state index contributed by atoms with van der Waals surface area (Å²) >= 11 is 17.9. The zero-order chi connectivity index (χ0) is 19.1. The van der Waals surface area contributed by atoms with Crippen LogP contribution in [0.2, 0.25) is 10.0 Å². The summed E-state index contributed by atoms with van der Waals surface area (Å²) in [6.07, 6.45) is 2.65. The van der Waals surface area contributed by atoms with E-state index in [1.54, 1.807) is 35.6 Å². The third-order valence-electron chi connectivity index (χ3n) is 4.73. The first-order chi connectivity index (χ1) is 13.0. The summed E-state index contributed by atoms with van der Waals surface area (Å²) in [4.78, 5) is 2.28. The van der Waals surface area contributed by atoms with Crippen LogP contribution >= 0.6 is 35.4 Å². The number of halogens is 2. The maximum Gasteiger partial charge on any atom is 0.203 e. The Morgan fingerprint density at radius 3 is 2.52 bits per heavy atom. The lowest BCUT2D eigenvalue weighted by Gasteiger charge is -2.29. The molecule has 0 saturated carbocycles. The van der Waals surface area contributed by atoms with Crippen LogP contribution in [0.4, 0.5) is 0 Å². The van der Waals surface area contributed by atoms with Crippen LogP contribution in [-0.2, 0) is 19.6 Å². The molecule has 27 heavy (non-hydrogen) atoms. The molecule has 2 aromatic heterocycles. The van der Waals surface area contributed by atoms with Gasteiger partial charge in [0.1, 0.15) is 0 Å². The van der Waals surface area contributed by atoms with Crippen LogP contribution in [0.15, 0.2) is 24.4 Å². The number of pyridine rings is 1. The smallest absolute Gasteiger partial charge is 0.203 e. The molecule has 3 aromatic rings. The minimum Gasteiger partial charge on any atom is -0.493 e. The lowest BCUT2D eigenvalue weighted by Crippen LogP contribution is -2.32. The van der Waals surface area contributed by atoms with Gasteiger partial charge in [-0.25, -0.2) is 4.68 Å². The average molecular weight is 425 g/mol. The van der Waals surface area contributed by atoms with Crippen LogP contribution in [0.1, 0.15) is 11.1 Å². The third-order valence-corrected chi connectivity index (χ3v) is 5.62. The van der Waals surface area contributed by atoms with Crippen LogP contribution in [-0.4, -0.2) is 39.8 Å². The highest BCUT2D eigenvalue weighted by Crippen LogP contribution is 2.33. The van der Waals surface area contributed by atoms with E-state index >= 15 is 0 Å². The first-order valence-corrected chi connectivity index (χ1v) is 9.57. The monoisotopic (exact) mass is 424 g/mol. The van der Waals surface area contributed by atoms with E-state index in [-0.39, 0.29) is 0 Å². The zero-order valence-corrected chi connectivity index (χ0v) is 17.2. The second kappa shape index (κ2) is 7.31. The van der Waals surface area contributed by atoms with Gasteiger partial charge in [0, 0.05) is 19.3 Å². The molecular weight excluding hydrogens is 407 g/mol. The summed E-state index contributed by atoms with van der Waals surface area (Å²) in [5.41, 5.74) is 3.10. The number of fused-ring (bicyclic) bond motifs is 2. The first-order valence-electron chi connectivity index (χ1n) is 8.40. The Labute approximate surface area is 171 Å². The quantitative estimate of drug-likeness (QED) is 0.587. The highest BCUT2D eigenvalue weighted by Gasteiger charge is 2.20. The molecule has 0 atom stereocenters. The molecule has 6 nitrogen and oxygen atoms in total. The normalized spacial score (nSPS) is 14.4. The van der Waals surface area contributed by atoms with Gasteiger partial charge in [0.25, 0.3) is 0 Å². The minimum atomic E-state index is 0.480. The molecule has 0 N–H and O–H groups in total. The minimum absolute atomic E-state index is 0.480. The summed E-state index contributed by atoms with van der Waals surface area (Å²) < 4.78 is 14.9. The third kappa shape index (κ3) is 3.40. The van der Waals surface area contributed by atoms with Gasteiger partial charge in [0.2, 0.25) is 4.77 Å². The molecule has 0 bridgehead atoms. The number of aromatic nitrogens is 3. The van der Waals surface area contributed by atoms with Crippen LogP contribution in [0.5, 0.6) is 11.5 Å². The summed E-state index contributed by atoms with van der Waals surface area (Å²) in [6.45, 7) is 2.24. The number of hydrogen-bond donors (Lipinski definition) is 0. The van der Waals surface area contributed by atoms with E-state index in [9.17, 15) is 0 Å². The predicted molar refractivity (Wildman–Crippen MR) is 108 cm³/mol. The molecule has 0 unspecified atom stereocenters. The number of hydrogen-bond acceptors (Lipinski definition) is 5. The molecule has 0 spiro atoms. The lowest BCUT2D eigenvalue weighted by molar-refractivity contribution is 0.188. The molecule has 3 heterocycles. The number of rotatable bonds is 4. The molecule has 1 aliphatic rings. The largest absolute Gasteiger partial charge is 0.493 e. The second-order valence-electron chi connectivity index (χ2n) is 6.40. The summed E-state index contributed by atoms with van der Waals surface area (Å²) in [5.74, 6) is 1.50. The van der Waals surface area contributed by atoms with Crippen LogP contribution in [0.3, 0.4) is 0 Å². The fourth-order valence-electron chi connectivity index (χ4n) is 3.39. The topological polar surface area (TPSA) is 43.9 Å². The van der Waals surface area contributed by atoms with E-state index in [1.165, 1.54) is 11.1 Å². The maximum absolute atomic E-state index is 6.25. The van der Waals surface area contributed by atoms with Crippen molar-refractivity contribution in [2.75, 3.05) is 20.8 Å². The van der Waals surface area contributed by atoms with Gasteiger partial charge in [-0.2, -0.15) is 0 Å². The van der Waals surface area contributed by atoms with Crippen molar-refractivity contribution in [3.63, 3.8) is 0 Å².